The second-order valence-electron chi connectivity index (χ2n) is 6.55. The summed E-state index contributed by atoms with van der Waals surface area (Å²) < 4.78 is 66.5. The summed E-state index contributed by atoms with van der Waals surface area (Å²) in [7, 11) is -3.77. The molecule has 0 saturated carbocycles. The van der Waals surface area contributed by atoms with Gasteiger partial charge < -0.3 is 0 Å². The maximum absolute atomic E-state index is 12.9. The van der Waals surface area contributed by atoms with E-state index in [1.165, 1.54) is 36.1 Å². The van der Waals surface area contributed by atoms with Crippen molar-refractivity contribution in [2.45, 2.75) is 31.8 Å². The van der Waals surface area contributed by atoms with Crippen molar-refractivity contribution in [1.29, 1.82) is 0 Å². The Balaban J connectivity index is 1.90. The summed E-state index contributed by atoms with van der Waals surface area (Å²) in [6.07, 6.45) is -2.14. The fraction of sp³-hybridized carbons (Fsp3) is 0.294. The van der Waals surface area contributed by atoms with Crippen molar-refractivity contribution in [1.82, 2.24) is 39.3 Å². The number of alkyl halides is 3. The Kier molecular flexibility index (Phi) is 4.76. The Labute approximate surface area is 173 Å². The number of halogens is 3. The van der Waals surface area contributed by atoms with E-state index in [1.54, 1.807) is 13.8 Å². The van der Waals surface area contributed by atoms with Crippen LogP contribution in [0.4, 0.5) is 13.2 Å². The summed E-state index contributed by atoms with van der Waals surface area (Å²) in [5, 5.41) is 7.56. The smallest absolute Gasteiger partial charge is 0.251 e. The van der Waals surface area contributed by atoms with Gasteiger partial charge in [-0.25, -0.2) is 27.6 Å². The maximum atomic E-state index is 12.9. The van der Waals surface area contributed by atoms with Gasteiger partial charge in [-0.15, -0.1) is 5.10 Å². The molecule has 0 bridgehead atoms. The first-order chi connectivity index (χ1) is 14.5. The molecule has 31 heavy (non-hydrogen) atoms. The first-order valence-corrected chi connectivity index (χ1v) is 10.6. The molecule has 0 N–H and O–H groups in total. The highest BCUT2D eigenvalue weighted by atomic mass is 32.2. The maximum Gasteiger partial charge on any atom is 0.453 e. The number of hydrogen-bond acceptors (Lipinski definition) is 8. The van der Waals surface area contributed by atoms with E-state index >= 15 is 0 Å². The van der Waals surface area contributed by atoms with Crippen molar-refractivity contribution in [2.75, 3.05) is 5.75 Å². The molecule has 0 aliphatic carbocycles. The van der Waals surface area contributed by atoms with Crippen LogP contribution >= 0.6 is 0 Å². The minimum absolute atomic E-state index is 0.0147. The summed E-state index contributed by atoms with van der Waals surface area (Å²) in [5.41, 5.74) is 0.398. The second kappa shape index (κ2) is 7.08. The highest BCUT2D eigenvalue weighted by molar-refractivity contribution is 7.91. The van der Waals surface area contributed by atoms with Gasteiger partial charge >= 0.3 is 6.18 Å². The molecular formula is C17H15F3N8O2S. The summed E-state index contributed by atoms with van der Waals surface area (Å²) in [4.78, 5) is 15.7. The largest absolute Gasteiger partial charge is 0.453 e. The fourth-order valence-corrected chi connectivity index (χ4v) is 3.99. The summed E-state index contributed by atoms with van der Waals surface area (Å²) >= 11 is 0. The molecule has 0 spiro atoms. The Bertz CT molecular complexity index is 1410. The number of fused-ring (bicyclic) bond motifs is 1. The quantitative estimate of drug-likeness (QED) is 0.462. The molecule has 4 aromatic rings. The molecule has 0 radical (unpaired) electrons. The lowest BCUT2D eigenvalue weighted by Gasteiger charge is -2.11. The Hall–Kier alpha value is -3.42. The van der Waals surface area contributed by atoms with E-state index in [-0.39, 0.29) is 27.8 Å². The molecule has 0 unspecified atom stereocenters. The number of sulfone groups is 1. The molecule has 4 rings (SSSR count). The van der Waals surface area contributed by atoms with Crippen LogP contribution in [0.1, 0.15) is 24.4 Å². The van der Waals surface area contributed by atoms with Crippen LogP contribution in [0.15, 0.2) is 29.4 Å². The molecule has 0 fully saturated rings. The van der Waals surface area contributed by atoms with Gasteiger partial charge in [0.2, 0.25) is 0 Å². The average Bonchev–Trinajstić information content (AvgIpc) is 3.29. The van der Waals surface area contributed by atoms with E-state index in [0.717, 1.165) is 4.52 Å². The van der Waals surface area contributed by atoms with Crippen LogP contribution in [0, 0.1) is 13.8 Å². The van der Waals surface area contributed by atoms with Gasteiger partial charge in [-0.1, -0.05) is 6.92 Å². The lowest BCUT2D eigenvalue weighted by molar-refractivity contribution is -0.144. The highest BCUT2D eigenvalue weighted by Crippen LogP contribution is 2.29. The molecule has 4 aromatic heterocycles. The van der Waals surface area contributed by atoms with Crippen molar-refractivity contribution in [3.63, 3.8) is 0 Å². The third-order valence-electron chi connectivity index (χ3n) is 4.38. The van der Waals surface area contributed by atoms with Crippen LogP contribution in [-0.2, 0) is 16.0 Å². The molecule has 0 aliphatic heterocycles. The minimum atomic E-state index is -4.74. The second-order valence-corrected chi connectivity index (χ2v) is 8.80. The van der Waals surface area contributed by atoms with Gasteiger partial charge in [0.25, 0.3) is 11.6 Å². The molecule has 0 aliphatic rings. The van der Waals surface area contributed by atoms with Crippen molar-refractivity contribution < 1.29 is 21.6 Å². The molecule has 0 atom stereocenters. The number of nitrogens with zero attached hydrogens (tertiary/aromatic N) is 8. The summed E-state index contributed by atoms with van der Waals surface area (Å²) in [6.45, 7) is 4.88. The van der Waals surface area contributed by atoms with Crippen LogP contribution in [-0.4, -0.2) is 53.5 Å². The Morgan fingerprint density at radius 1 is 1.10 bits per heavy atom. The van der Waals surface area contributed by atoms with Gasteiger partial charge in [0.1, 0.15) is 17.3 Å². The van der Waals surface area contributed by atoms with E-state index in [2.05, 4.69) is 30.1 Å². The van der Waals surface area contributed by atoms with Crippen molar-refractivity contribution in [3.05, 3.63) is 42.0 Å². The Morgan fingerprint density at radius 2 is 1.84 bits per heavy atom. The summed E-state index contributed by atoms with van der Waals surface area (Å²) in [5.74, 6) is -0.862. The lowest BCUT2D eigenvalue weighted by atomic mass is 10.2. The Morgan fingerprint density at radius 3 is 2.45 bits per heavy atom. The normalized spacial score (nSPS) is 12.6. The molecule has 4 heterocycles. The molecular weight excluding hydrogens is 437 g/mol. The van der Waals surface area contributed by atoms with Gasteiger partial charge in [-0.3, -0.25) is 4.98 Å². The minimum Gasteiger partial charge on any atom is -0.251 e. The van der Waals surface area contributed by atoms with Crippen LogP contribution in [0.5, 0.6) is 0 Å². The fourth-order valence-electron chi connectivity index (χ4n) is 2.93. The average molecular weight is 452 g/mol. The van der Waals surface area contributed by atoms with E-state index in [9.17, 15) is 21.6 Å². The molecule has 162 valence electrons. The topological polar surface area (TPSA) is 121 Å². The SMILES string of the molecule is CCS(=O)(=O)c1cc(-n2nc(C)nc2C)cnc1-c1ccn2nc(C(F)(F)F)nc2n1. The summed E-state index contributed by atoms with van der Waals surface area (Å²) in [6, 6.07) is 2.71. The first kappa shape index (κ1) is 20.8. The van der Waals surface area contributed by atoms with Crippen molar-refractivity contribution in [3.8, 4) is 17.1 Å². The van der Waals surface area contributed by atoms with Crippen LogP contribution < -0.4 is 0 Å². The molecule has 14 heteroatoms. The first-order valence-electron chi connectivity index (χ1n) is 8.94. The number of aromatic nitrogens is 8. The number of rotatable bonds is 4. The molecule has 10 nitrogen and oxygen atoms in total. The highest BCUT2D eigenvalue weighted by Gasteiger charge is 2.36. The predicted octanol–water partition coefficient (Wildman–Crippen LogP) is 2.20. The predicted molar refractivity (Wildman–Crippen MR) is 101 cm³/mol. The third kappa shape index (κ3) is 3.73. The monoisotopic (exact) mass is 452 g/mol. The number of pyridine rings is 1. The molecule has 0 aromatic carbocycles. The van der Waals surface area contributed by atoms with Crippen LogP contribution in [0.25, 0.3) is 22.9 Å². The van der Waals surface area contributed by atoms with Gasteiger partial charge in [0.15, 0.2) is 9.84 Å². The molecule has 0 saturated heterocycles. The number of hydrogen-bond donors (Lipinski definition) is 0. The third-order valence-corrected chi connectivity index (χ3v) is 6.12. The number of aryl methyl sites for hydroxylation is 2. The van der Waals surface area contributed by atoms with E-state index in [4.69, 9.17) is 0 Å². The van der Waals surface area contributed by atoms with Gasteiger partial charge in [0, 0.05) is 6.20 Å². The van der Waals surface area contributed by atoms with Crippen LogP contribution in [0.2, 0.25) is 0 Å². The van der Waals surface area contributed by atoms with Gasteiger partial charge in [-0.05, 0) is 26.0 Å². The van der Waals surface area contributed by atoms with Crippen molar-refractivity contribution in [2.24, 2.45) is 0 Å². The van der Waals surface area contributed by atoms with E-state index in [1.807, 2.05) is 0 Å². The zero-order chi connectivity index (χ0) is 22.6. The van der Waals surface area contributed by atoms with Gasteiger partial charge in [-0.2, -0.15) is 23.3 Å². The zero-order valence-corrected chi connectivity index (χ0v) is 17.3. The van der Waals surface area contributed by atoms with Crippen LogP contribution in [0.3, 0.4) is 0 Å². The van der Waals surface area contributed by atoms with E-state index in [0.29, 0.717) is 17.3 Å². The lowest BCUT2D eigenvalue weighted by Crippen LogP contribution is -2.10. The van der Waals surface area contributed by atoms with Crippen molar-refractivity contribution >= 4 is 15.6 Å². The zero-order valence-electron chi connectivity index (χ0n) is 16.5. The van der Waals surface area contributed by atoms with E-state index < -0.39 is 21.8 Å². The van der Waals surface area contributed by atoms with Gasteiger partial charge in [0.05, 0.1) is 28.2 Å². The molecule has 0 amide bonds. The standard InChI is InChI=1S/C17H15F3N8O2S/c1-4-31(29,30)13-7-11(28-10(3)22-9(2)25-28)8-21-14(13)12-5-6-27-16(23-12)24-15(26-27)17(18,19)20/h5-8H,4H2,1-3H3.